The smallest absolute Gasteiger partial charge is 0.252 e. The summed E-state index contributed by atoms with van der Waals surface area (Å²) in [5, 5.41) is 3.02. The lowest BCUT2D eigenvalue weighted by molar-refractivity contribution is 0.0932. The van der Waals surface area contributed by atoms with Gasteiger partial charge in [0, 0.05) is 20.6 Å². The number of halogens is 2. The first kappa shape index (κ1) is 13.3. The summed E-state index contributed by atoms with van der Waals surface area (Å²) in [4.78, 5) is 12.1. The number of amides is 1. The van der Waals surface area contributed by atoms with Crippen LogP contribution in [0.4, 0.5) is 0 Å². The van der Waals surface area contributed by atoms with Crippen LogP contribution >= 0.6 is 38.5 Å². The average Bonchev–Trinajstić information content (AvgIpc) is 3.13. The Hall–Kier alpha value is -0.140. The maximum atomic E-state index is 12.1. The van der Waals surface area contributed by atoms with Gasteiger partial charge in [0.2, 0.25) is 0 Å². The summed E-state index contributed by atoms with van der Waals surface area (Å²) < 4.78 is 1.87. The van der Waals surface area contributed by atoms with Gasteiger partial charge in [-0.15, -0.1) is 0 Å². The fourth-order valence-corrected chi connectivity index (χ4v) is 2.73. The van der Waals surface area contributed by atoms with Crippen LogP contribution in [0.1, 0.15) is 23.2 Å². The van der Waals surface area contributed by atoms with Gasteiger partial charge in [-0.05, 0) is 59.5 Å². The molecule has 0 aromatic heterocycles. The third kappa shape index (κ3) is 3.42. The molecule has 1 unspecified atom stereocenters. The summed E-state index contributed by atoms with van der Waals surface area (Å²) >= 11 is 5.55. The standard InChI is InChI=1S/C12H14BrIN2O/c13-8-3-4-10(14)9(5-8)12(17)16-11(6-15)7-1-2-7/h3-5,7,11H,1-2,6,15H2,(H,16,17). The molecular formula is C12H14BrIN2O. The van der Waals surface area contributed by atoms with Crippen molar-refractivity contribution < 1.29 is 4.79 Å². The van der Waals surface area contributed by atoms with Gasteiger partial charge in [0.15, 0.2) is 0 Å². The predicted molar refractivity (Wildman–Crippen MR) is 79.9 cm³/mol. The highest BCUT2D eigenvalue weighted by Gasteiger charge is 2.31. The zero-order valence-corrected chi connectivity index (χ0v) is 13.0. The highest BCUT2D eigenvalue weighted by molar-refractivity contribution is 14.1. The summed E-state index contributed by atoms with van der Waals surface area (Å²) in [6.07, 6.45) is 2.36. The van der Waals surface area contributed by atoms with Crippen molar-refractivity contribution in [2.75, 3.05) is 6.54 Å². The van der Waals surface area contributed by atoms with Crippen molar-refractivity contribution in [3.05, 3.63) is 31.8 Å². The molecule has 1 aliphatic carbocycles. The maximum absolute atomic E-state index is 12.1. The highest BCUT2D eigenvalue weighted by atomic mass is 127. The molecule has 3 N–H and O–H groups in total. The van der Waals surface area contributed by atoms with Gasteiger partial charge in [0.25, 0.3) is 5.91 Å². The van der Waals surface area contributed by atoms with E-state index in [1.165, 1.54) is 12.8 Å². The maximum Gasteiger partial charge on any atom is 0.252 e. The number of carbonyl (C=O) groups excluding carboxylic acids is 1. The minimum Gasteiger partial charge on any atom is -0.348 e. The molecule has 1 aromatic carbocycles. The molecule has 1 fully saturated rings. The van der Waals surface area contributed by atoms with Gasteiger partial charge in [0.1, 0.15) is 0 Å². The van der Waals surface area contributed by atoms with E-state index in [1.54, 1.807) is 0 Å². The summed E-state index contributed by atoms with van der Waals surface area (Å²) in [6.45, 7) is 0.515. The van der Waals surface area contributed by atoms with E-state index in [-0.39, 0.29) is 11.9 Å². The summed E-state index contributed by atoms with van der Waals surface area (Å²) in [5.74, 6) is 0.548. The molecule has 0 spiro atoms. The molecule has 3 nitrogen and oxygen atoms in total. The topological polar surface area (TPSA) is 55.1 Å². The number of nitrogens with one attached hydrogen (secondary N) is 1. The Morgan fingerprint density at radius 3 is 2.88 bits per heavy atom. The van der Waals surface area contributed by atoms with Crippen molar-refractivity contribution in [3.8, 4) is 0 Å². The normalized spacial score (nSPS) is 16.6. The molecule has 1 aromatic rings. The molecule has 0 aliphatic heterocycles. The van der Waals surface area contributed by atoms with Crippen molar-refractivity contribution in [1.82, 2.24) is 5.32 Å². The van der Waals surface area contributed by atoms with Crippen molar-refractivity contribution in [3.63, 3.8) is 0 Å². The molecular weight excluding hydrogens is 395 g/mol. The fourth-order valence-electron chi connectivity index (χ4n) is 1.79. The van der Waals surface area contributed by atoms with Crippen molar-refractivity contribution >= 4 is 44.4 Å². The van der Waals surface area contributed by atoms with Crippen LogP contribution in [-0.2, 0) is 0 Å². The lowest BCUT2D eigenvalue weighted by Gasteiger charge is -2.16. The first-order valence-corrected chi connectivity index (χ1v) is 7.45. The summed E-state index contributed by atoms with van der Waals surface area (Å²) in [7, 11) is 0. The van der Waals surface area contributed by atoms with Crippen LogP contribution < -0.4 is 11.1 Å². The SMILES string of the molecule is NCC(NC(=O)c1cc(Br)ccc1I)C1CC1. The van der Waals surface area contributed by atoms with E-state index in [1.807, 2.05) is 18.2 Å². The van der Waals surface area contributed by atoms with Crippen LogP contribution in [0.25, 0.3) is 0 Å². The molecule has 1 aliphatic rings. The molecule has 1 saturated carbocycles. The van der Waals surface area contributed by atoms with Crippen LogP contribution in [0.2, 0.25) is 0 Å². The zero-order chi connectivity index (χ0) is 12.4. The van der Waals surface area contributed by atoms with Crippen LogP contribution in [0.15, 0.2) is 22.7 Å². The monoisotopic (exact) mass is 408 g/mol. The Balaban J connectivity index is 2.10. The molecule has 5 heteroatoms. The third-order valence-electron chi connectivity index (χ3n) is 2.93. The average molecular weight is 409 g/mol. The van der Waals surface area contributed by atoms with Gasteiger partial charge in [-0.1, -0.05) is 15.9 Å². The van der Waals surface area contributed by atoms with Gasteiger partial charge in [-0.3, -0.25) is 4.79 Å². The quantitative estimate of drug-likeness (QED) is 0.752. The molecule has 1 atom stereocenters. The lowest BCUT2D eigenvalue weighted by atomic mass is 10.1. The first-order chi connectivity index (χ1) is 8.11. The summed E-state index contributed by atoms with van der Waals surface area (Å²) in [6, 6.07) is 5.82. The minimum absolute atomic E-state index is 0.0296. The molecule has 0 saturated heterocycles. The number of rotatable bonds is 4. The minimum atomic E-state index is -0.0296. The first-order valence-electron chi connectivity index (χ1n) is 5.58. The molecule has 0 heterocycles. The van der Waals surface area contributed by atoms with Gasteiger partial charge in [0.05, 0.1) is 5.56 Å². The Kier molecular flexibility index (Phi) is 4.43. The van der Waals surface area contributed by atoms with E-state index in [2.05, 4.69) is 43.8 Å². The van der Waals surface area contributed by atoms with Gasteiger partial charge in [-0.2, -0.15) is 0 Å². The third-order valence-corrected chi connectivity index (χ3v) is 4.37. The molecule has 0 bridgehead atoms. The number of hydrogen-bond acceptors (Lipinski definition) is 2. The van der Waals surface area contributed by atoms with E-state index < -0.39 is 0 Å². The van der Waals surface area contributed by atoms with Crippen LogP contribution in [0.5, 0.6) is 0 Å². The molecule has 2 rings (SSSR count). The second-order valence-corrected chi connectivity index (χ2v) is 6.36. The van der Waals surface area contributed by atoms with E-state index >= 15 is 0 Å². The Morgan fingerprint density at radius 1 is 1.59 bits per heavy atom. The molecule has 0 radical (unpaired) electrons. The van der Waals surface area contributed by atoms with E-state index in [9.17, 15) is 4.79 Å². The Bertz CT molecular complexity index is 435. The highest BCUT2D eigenvalue weighted by Crippen LogP contribution is 2.32. The van der Waals surface area contributed by atoms with E-state index in [0.29, 0.717) is 18.0 Å². The molecule has 1 amide bonds. The fraction of sp³-hybridized carbons (Fsp3) is 0.417. The van der Waals surface area contributed by atoms with Gasteiger partial charge in [-0.25, -0.2) is 0 Å². The number of nitrogens with two attached hydrogens (primary N) is 1. The molecule has 17 heavy (non-hydrogen) atoms. The predicted octanol–water partition coefficient (Wildman–Crippen LogP) is 2.52. The van der Waals surface area contributed by atoms with E-state index in [4.69, 9.17) is 5.73 Å². The number of benzene rings is 1. The van der Waals surface area contributed by atoms with Crippen LogP contribution in [0.3, 0.4) is 0 Å². The zero-order valence-electron chi connectivity index (χ0n) is 9.25. The van der Waals surface area contributed by atoms with Crippen molar-refractivity contribution in [1.29, 1.82) is 0 Å². The largest absolute Gasteiger partial charge is 0.348 e. The molecule has 92 valence electrons. The second-order valence-electron chi connectivity index (χ2n) is 4.28. The Labute approximate surface area is 123 Å². The summed E-state index contributed by atoms with van der Waals surface area (Å²) in [5.41, 5.74) is 6.39. The van der Waals surface area contributed by atoms with Crippen molar-refractivity contribution in [2.24, 2.45) is 11.7 Å². The van der Waals surface area contributed by atoms with Crippen molar-refractivity contribution in [2.45, 2.75) is 18.9 Å². The van der Waals surface area contributed by atoms with Crippen LogP contribution in [-0.4, -0.2) is 18.5 Å². The van der Waals surface area contributed by atoms with Crippen LogP contribution in [0, 0.1) is 9.49 Å². The van der Waals surface area contributed by atoms with Gasteiger partial charge < -0.3 is 11.1 Å². The van der Waals surface area contributed by atoms with E-state index in [0.717, 1.165) is 8.04 Å². The number of hydrogen-bond donors (Lipinski definition) is 2. The number of carbonyl (C=O) groups is 1. The second kappa shape index (κ2) is 5.67. The Morgan fingerprint density at radius 2 is 2.29 bits per heavy atom. The lowest BCUT2D eigenvalue weighted by Crippen LogP contribution is -2.42. The van der Waals surface area contributed by atoms with Gasteiger partial charge >= 0.3 is 0 Å².